The van der Waals surface area contributed by atoms with Crippen molar-refractivity contribution >= 4 is 17.4 Å². The van der Waals surface area contributed by atoms with Crippen LogP contribution in [0.25, 0.3) is 5.57 Å². The maximum Gasteiger partial charge on any atom is 0.254 e. The zero-order valence-electron chi connectivity index (χ0n) is 22.6. The number of pyridine rings is 1. The minimum atomic E-state index is -1.07. The molecule has 1 atom stereocenters. The van der Waals surface area contributed by atoms with E-state index in [1.165, 1.54) is 6.20 Å². The van der Waals surface area contributed by atoms with Gasteiger partial charge in [-0.05, 0) is 43.0 Å². The summed E-state index contributed by atoms with van der Waals surface area (Å²) in [4.78, 5) is 25.6. The lowest BCUT2D eigenvalue weighted by atomic mass is 9.88. The van der Waals surface area contributed by atoms with Crippen molar-refractivity contribution in [3.63, 3.8) is 0 Å². The number of hydrogen-bond donors (Lipinski definition) is 1. The van der Waals surface area contributed by atoms with Crippen molar-refractivity contribution in [2.75, 3.05) is 39.5 Å². The van der Waals surface area contributed by atoms with Crippen LogP contribution < -0.4 is 5.32 Å². The standard InChI is InChI=1S/C29H33N7O4/c1-20-24(21-3-2-8-31-17-21)16-29(36-9-13-39-14-10-36,27(33-20)40-23-4-11-38-12-5-23)34-26(37)22-15-25(35-32-18-22)28(19-30)6-7-28/h2-3,8,15,17-18,23H,4-7,9-14,16H2,1H3,(H,34,37). The molecule has 40 heavy (non-hydrogen) atoms. The molecule has 2 aromatic heterocycles. The third-order valence-electron chi connectivity index (χ3n) is 8.19. The Balaban J connectivity index is 1.41. The zero-order chi connectivity index (χ0) is 27.6. The number of rotatable bonds is 6. The third kappa shape index (κ3) is 5.10. The molecule has 4 aliphatic rings. The van der Waals surface area contributed by atoms with E-state index in [0.717, 1.165) is 42.5 Å². The van der Waals surface area contributed by atoms with Crippen molar-refractivity contribution in [2.45, 2.75) is 56.2 Å². The molecule has 3 fully saturated rings. The molecule has 208 valence electrons. The van der Waals surface area contributed by atoms with E-state index < -0.39 is 11.1 Å². The van der Waals surface area contributed by atoms with Crippen LogP contribution >= 0.6 is 0 Å². The highest BCUT2D eigenvalue weighted by Crippen LogP contribution is 2.46. The smallest absolute Gasteiger partial charge is 0.254 e. The second-order valence-corrected chi connectivity index (χ2v) is 10.8. The molecule has 1 aliphatic carbocycles. The molecule has 1 N–H and O–H groups in total. The predicted molar refractivity (Wildman–Crippen MR) is 145 cm³/mol. The molecule has 11 nitrogen and oxygen atoms in total. The van der Waals surface area contributed by atoms with Gasteiger partial charge in [0.15, 0.2) is 5.66 Å². The fourth-order valence-electron chi connectivity index (χ4n) is 5.60. The summed E-state index contributed by atoms with van der Waals surface area (Å²) in [6.45, 7) is 5.45. The monoisotopic (exact) mass is 543 g/mol. The van der Waals surface area contributed by atoms with E-state index in [1.807, 2.05) is 25.3 Å². The number of hydrogen-bond acceptors (Lipinski definition) is 10. The Hall–Kier alpha value is -3.72. The average molecular weight is 544 g/mol. The summed E-state index contributed by atoms with van der Waals surface area (Å²) in [5.41, 5.74) is 1.91. The second-order valence-electron chi connectivity index (χ2n) is 10.8. The van der Waals surface area contributed by atoms with E-state index in [9.17, 15) is 10.1 Å². The number of carbonyl (C=O) groups is 1. The number of nitrogens with one attached hydrogen (secondary N) is 1. The highest BCUT2D eigenvalue weighted by molar-refractivity contribution is 6.01. The summed E-state index contributed by atoms with van der Waals surface area (Å²) in [5.74, 6) is 0.141. The fraction of sp³-hybridized carbons (Fsp3) is 0.517. The first-order valence-electron chi connectivity index (χ1n) is 13.9. The highest BCUT2D eigenvalue weighted by Gasteiger charge is 2.50. The van der Waals surface area contributed by atoms with Gasteiger partial charge in [0.05, 0.1) is 50.0 Å². The number of aromatic nitrogens is 3. The molecular weight excluding hydrogens is 510 g/mol. The Bertz CT molecular complexity index is 1360. The number of allylic oxidation sites excluding steroid dienone is 1. The summed E-state index contributed by atoms with van der Waals surface area (Å²) >= 11 is 0. The largest absolute Gasteiger partial charge is 0.475 e. The molecule has 0 bridgehead atoms. The molecule has 5 heterocycles. The molecule has 1 amide bonds. The Morgan fingerprint density at radius 1 is 1.18 bits per heavy atom. The molecule has 1 saturated carbocycles. The van der Waals surface area contributed by atoms with Crippen molar-refractivity contribution in [1.82, 2.24) is 25.4 Å². The van der Waals surface area contributed by atoms with E-state index in [2.05, 4.69) is 31.5 Å². The van der Waals surface area contributed by atoms with E-state index in [1.54, 1.807) is 12.3 Å². The predicted octanol–water partition coefficient (Wildman–Crippen LogP) is 2.61. The van der Waals surface area contributed by atoms with E-state index >= 15 is 0 Å². The average Bonchev–Trinajstić information content (AvgIpc) is 3.81. The van der Waals surface area contributed by atoms with Crippen molar-refractivity contribution in [3.8, 4) is 6.07 Å². The lowest BCUT2D eigenvalue weighted by Gasteiger charge is -2.48. The van der Waals surface area contributed by atoms with E-state index in [4.69, 9.17) is 19.2 Å². The molecule has 1 unspecified atom stereocenters. The Labute approximate surface area is 233 Å². The summed E-state index contributed by atoms with van der Waals surface area (Å²) in [6.07, 6.45) is 8.30. The minimum Gasteiger partial charge on any atom is -0.475 e. The number of amides is 1. The van der Waals surface area contributed by atoms with Crippen LogP contribution in [0.2, 0.25) is 0 Å². The molecule has 0 radical (unpaired) electrons. The highest BCUT2D eigenvalue weighted by atomic mass is 16.5. The first-order chi connectivity index (χ1) is 19.5. The van der Waals surface area contributed by atoms with Crippen LogP contribution in [0.5, 0.6) is 0 Å². The summed E-state index contributed by atoms with van der Waals surface area (Å²) in [7, 11) is 0. The summed E-state index contributed by atoms with van der Waals surface area (Å²) in [5, 5.41) is 21.3. The molecule has 0 aromatic carbocycles. The summed E-state index contributed by atoms with van der Waals surface area (Å²) < 4.78 is 17.9. The van der Waals surface area contributed by atoms with Crippen LogP contribution in [0.1, 0.15) is 60.6 Å². The normalized spacial score (nSPS) is 25.1. The van der Waals surface area contributed by atoms with Gasteiger partial charge < -0.3 is 19.5 Å². The fourth-order valence-corrected chi connectivity index (χ4v) is 5.60. The maximum atomic E-state index is 14.0. The molecule has 6 rings (SSSR count). The van der Waals surface area contributed by atoms with Crippen molar-refractivity contribution < 1.29 is 19.0 Å². The number of nitriles is 1. The first-order valence-corrected chi connectivity index (χ1v) is 13.9. The number of aliphatic imine (C=N–C) groups is 1. The quantitative estimate of drug-likeness (QED) is 0.583. The Morgan fingerprint density at radius 2 is 1.95 bits per heavy atom. The molecule has 0 spiro atoms. The van der Waals surface area contributed by atoms with Crippen LogP contribution in [0.15, 0.2) is 47.5 Å². The van der Waals surface area contributed by atoms with Crippen molar-refractivity contribution in [1.29, 1.82) is 5.26 Å². The third-order valence-corrected chi connectivity index (χ3v) is 8.19. The molecule has 11 heteroatoms. The van der Waals surface area contributed by atoms with Gasteiger partial charge in [0.2, 0.25) is 5.90 Å². The van der Waals surface area contributed by atoms with Crippen LogP contribution in [0.4, 0.5) is 0 Å². The van der Waals surface area contributed by atoms with Crippen LogP contribution in [-0.4, -0.2) is 83.2 Å². The van der Waals surface area contributed by atoms with E-state index in [-0.39, 0.29) is 12.0 Å². The first kappa shape index (κ1) is 26.5. The van der Waals surface area contributed by atoms with Crippen LogP contribution in [0, 0.1) is 11.3 Å². The lowest BCUT2D eigenvalue weighted by molar-refractivity contribution is -0.0281. The topological polar surface area (TPSA) is 135 Å². The number of ether oxygens (including phenoxy) is 3. The number of morpholine rings is 1. The molecule has 2 aromatic rings. The van der Waals surface area contributed by atoms with Crippen molar-refractivity contribution in [3.05, 3.63) is 59.3 Å². The lowest BCUT2D eigenvalue weighted by Crippen LogP contribution is -2.69. The maximum absolute atomic E-state index is 14.0. The van der Waals surface area contributed by atoms with Gasteiger partial charge in [-0.25, -0.2) is 4.99 Å². The number of nitrogens with zero attached hydrogens (tertiary/aromatic N) is 6. The van der Waals surface area contributed by atoms with Crippen LogP contribution in [-0.2, 0) is 19.6 Å². The van der Waals surface area contributed by atoms with Gasteiger partial charge in [0, 0.05) is 50.4 Å². The van der Waals surface area contributed by atoms with Gasteiger partial charge in [-0.3, -0.25) is 14.7 Å². The van der Waals surface area contributed by atoms with Gasteiger partial charge in [-0.2, -0.15) is 15.5 Å². The molecular formula is C29H33N7O4. The SMILES string of the molecule is CC1=C(c2cccnc2)CC(NC(=O)c2cnnc(C3(C#N)CC3)c2)(N2CCOCC2)C(OC2CCOCC2)=N1. The van der Waals surface area contributed by atoms with E-state index in [0.29, 0.717) is 63.1 Å². The second kappa shape index (κ2) is 11.0. The van der Waals surface area contributed by atoms with Crippen LogP contribution in [0.3, 0.4) is 0 Å². The van der Waals surface area contributed by atoms with Gasteiger partial charge >= 0.3 is 0 Å². The van der Waals surface area contributed by atoms with Gasteiger partial charge in [-0.1, -0.05) is 6.07 Å². The van der Waals surface area contributed by atoms with Gasteiger partial charge in [0.25, 0.3) is 5.91 Å². The Morgan fingerprint density at radius 3 is 2.65 bits per heavy atom. The summed E-state index contributed by atoms with van der Waals surface area (Å²) in [6, 6.07) is 7.93. The zero-order valence-corrected chi connectivity index (χ0v) is 22.6. The Kier molecular flexibility index (Phi) is 7.31. The van der Waals surface area contributed by atoms with Gasteiger partial charge in [0.1, 0.15) is 11.5 Å². The molecule has 2 saturated heterocycles. The molecule has 3 aliphatic heterocycles. The van der Waals surface area contributed by atoms with Gasteiger partial charge in [-0.15, -0.1) is 0 Å². The number of carbonyl (C=O) groups excluding carboxylic acids is 1. The van der Waals surface area contributed by atoms with Crippen molar-refractivity contribution in [2.24, 2.45) is 4.99 Å². The minimum absolute atomic E-state index is 0.0721.